The first-order chi connectivity index (χ1) is 9.63. The number of rotatable bonds is 6. The van der Waals surface area contributed by atoms with Gasteiger partial charge in [0, 0.05) is 20.1 Å². The lowest BCUT2D eigenvalue weighted by Gasteiger charge is -2.23. The van der Waals surface area contributed by atoms with Crippen molar-refractivity contribution in [2.75, 3.05) is 43.6 Å². The molecule has 2 rings (SSSR count). The van der Waals surface area contributed by atoms with Gasteiger partial charge in [0.25, 0.3) is 0 Å². The third kappa shape index (κ3) is 3.17. The van der Waals surface area contributed by atoms with Crippen molar-refractivity contribution in [3.05, 3.63) is 28.3 Å². The Bertz CT molecular complexity index is 474. The zero-order valence-electron chi connectivity index (χ0n) is 11.7. The first-order valence-corrected chi connectivity index (χ1v) is 6.81. The summed E-state index contributed by atoms with van der Waals surface area (Å²) in [6, 6.07) is 5.13. The van der Waals surface area contributed by atoms with E-state index in [-0.39, 0.29) is 5.69 Å². The predicted molar refractivity (Wildman–Crippen MR) is 79.9 cm³/mol. The zero-order chi connectivity index (χ0) is 14.5. The summed E-state index contributed by atoms with van der Waals surface area (Å²) in [6.45, 7) is 3.93. The predicted octanol–water partition coefficient (Wildman–Crippen LogP) is 1.41. The van der Waals surface area contributed by atoms with E-state index in [9.17, 15) is 10.1 Å². The van der Waals surface area contributed by atoms with Crippen molar-refractivity contribution >= 4 is 17.1 Å². The number of likely N-dealkylation sites (N-methyl/N-ethyl adjacent to an activating group) is 1. The summed E-state index contributed by atoms with van der Waals surface area (Å²) in [5, 5.41) is 11.2. The van der Waals surface area contributed by atoms with Crippen LogP contribution in [0.1, 0.15) is 12.8 Å². The molecule has 0 bridgehead atoms. The second kappa shape index (κ2) is 6.53. The van der Waals surface area contributed by atoms with Crippen LogP contribution in [0.2, 0.25) is 0 Å². The molecular formula is C13H21N5O2. The maximum Gasteiger partial charge on any atom is 0.316 e. The van der Waals surface area contributed by atoms with Crippen molar-refractivity contribution in [3.63, 3.8) is 0 Å². The molecule has 3 N–H and O–H groups in total. The van der Waals surface area contributed by atoms with Crippen LogP contribution in [-0.4, -0.2) is 43.0 Å². The van der Waals surface area contributed by atoms with Gasteiger partial charge in [0.2, 0.25) is 0 Å². The van der Waals surface area contributed by atoms with Gasteiger partial charge in [-0.1, -0.05) is 6.07 Å². The van der Waals surface area contributed by atoms with E-state index >= 15 is 0 Å². The number of hydrogen-bond acceptors (Lipinski definition) is 6. The molecule has 0 saturated carbocycles. The molecule has 0 unspecified atom stereocenters. The number of likely N-dealkylation sites (tertiary alicyclic amines) is 1. The SMILES string of the molecule is CN(CCN1CCCC1)c1cccc(NN)c1[N+](=O)[O-]. The monoisotopic (exact) mass is 279 g/mol. The summed E-state index contributed by atoms with van der Waals surface area (Å²) >= 11 is 0. The fourth-order valence-corrected chi connectivity index (χ4v) is 2.57. The van der Waals surface area contributed by atoms with Crippen molar-refractivity contribution in [3.8, 4) is 0 Å². The summed E-state index contributed by atoms with van der Waals surface area (Å²) in [4.78, 5) is 15.1. The largest absolute Gasteiger partial charge is 0.368 e. The highest BCUT2D eigenvalue weighted by atomic mass is 16.6. The summed E-state index contributed by atoms with van der Waals surface area (Å²) in [7, 11) is 1.87. The van der Waals surface area contributed by atoms with Crippen LogP contribution in [0.3, 0.4) is 0 Å². The first-order valence-electron chi connectivity index (χ1n) is 6.81. The van der Waals surface area contributed by atoms with E-state index < -0.39 is 4.92 Å². The maximum atomic E-state index is 11.2. The van der Waals surface area contributed by atoms with E-state index in [4.69, 9.17) is 5.84 Å². The molecule has 1 aromatic carbocycles. The van der Waals surface area contributed by atoms with Crippen LogP contribution < -0.4 is 16.2 Å². The number of benzene rings is 1. The standard InChI is InChI=1S/C13H21N5O2/c1-16(9-10-17-7-2-3-8-17)12-6-4-5-11(15-14)13(12)18(19)20/h4-6,15H,2-3,7-10,14H2,1H3. The lowest BCUT2D eigenvalue weighted by Crippen LogP contribution is -2.31. The smallest absolute Gasteiger partial charge is 0.316 e. The van der Waals surface area contributed by atoms with Gasteiger partial charge >= 0.3 is 5.69 Å². The molecule has 20 heavy (non-hydrogen) atoms. The lowest BCUT2D eigenvalue weighted by atomic mass is 10.2. The van der Waals surface area contributed by atoms with Crippen LogP contribution in [0.25, 0.3) is 0 Å². The molecule has 7 heteroatoms. The fourth-order valence-electron chi connectivity index (χ4n) is 2.57. The van der Waals surface area contributed by atoms with Crippen molar-refractivity contribution < 1.29 is 4.92 Å². The summed E-state index contributed by atoms with van der Waals surface area (Å²) < 4.78 is 0. The van der Waals surface area contributed by atoms with Crippen molar-refractivity contribution in [1.82, 2.24) is 4.90 Å². The average molecular weight is 279 g/mol. The zero-order valence-corrected chi connectivity index (χ0v) is 11.7. The van der Waals surface area contributed by atoms with E-state index in [2.05, 4.69) is 10.3 Å². The van der Waals surface area contributed by atoms with E-state index in [1.165, 1.54) is 12.8 Å². The van der Waals surface area contributed by atoms with Gasteiger partial charge in [-0.05, 0) is 38.1 Å². The maximum absolute atomic E-state index is 11.2. The number of hydrogen-bond donors (Lipinski definition) is 2. The second-order valence-corrected chi connectivity index (χ2v) is 5.05. The Morgan fingerprint density at radius 3 is 2.75 bits per heavy atom. The second-order valence-electron chi connectivity index (χ2n) is 5.05. The third-order valence-electron chi connectivity index (χ3n) is 3.71. The van der Waals surface area contributed by atoms with Gasteiger partial charge in [0.15, 0.2) is 0 Å². The minimum Gasteiger partial charge on any atom is -0.368 e. The lowest BCUT2D eigenvalue weighted by molar-refractivity contribution is -0.383. The van der Waals surface area contributed by atoms with Crippen LogP contribution >= 0.6 is 0 Å². The molecular weight excluding hydrogens is 258 g/mol. The number of nitrogens with zero attached hydrogens (tertiary/aromatic N) is 3. The van der Waals surface area contributed by atoms with Crippen LogP contribution in [0.5, 0.6) is 0 Å². The van der Waals surface area contributed by atoms with Crippen LogP contribution in [0.4, 0.5) is 17.1 Å². The number of nitrogens with one attached hydrogen (secondary N) is 1. The molecule has 1 aliphatic heterocycles. The van der Waals surface area contributed by atoms with Crippen molar-refractivity contribution in [1.29, 1.82) is 0 Å². The Hall–Kier alpha value is -1.86. The molecule has 0 aliphatic carbocycles. The highest BCUT2D eigenvalue weighted by Crippen LogP contribution is 2.34. The van der Waals surface area contributed by atoms with Gasteiger partial charge < -0.3 is 15.2 Å². The number of para-hydroxylation sites is 1. The number of nitrogen functional groups attached to an aromatic ring is 1. The molecule has 0 amide bonds. The van der Waals surface area contributed by atoms with Gasteiger partial charge in [-0.15, -0.1) is 0 Å². The average Bonchev–Trinajstić information content (AvgIpc) is 2.96. The number of anilines is 2. The van der Waals surface area contributed by atoms with E-state index in [0.717, 1.165) is 26.2 Å². The third-order valence-corrected chi connectivity index (χ3v) is 3.71. The molecule has 1 saturated heterocycles. The minimum atomic E-state index is -0.392. The molecule has 1 aliphatic rings. The summed E-state index contributed by atoms with van der Waals surface area (Å²) in [6.07, 6.45) is 2.49. The fraction of sp³-hybridized carbons (Fsp3) is 0.538. The van der Waals surface area contributed by atoms with Crippen molar-refractivity contribution in [2.45, 2.75) is 12.8 Å². The first kappa shape index (κ1) is 14.5. The van der Waals surface area contributed by atoms with Gasteiger partial charge in [-0.3, -0.25) is 16.0 Å². The van der Waals surface area contributed by atoms with Gasteiger partial charge in [-0.25, -0.2) is 0 Å². The molecule has 0 atom stereocenters. The Kier molecular flexibility index (Phi) is 4.75. The van der Waals surface area contributed by atoms with E-state index in [0.29, 0.717) is 11.4 Å². The molecule has 0 radical (unpaired) electrons. The summed E-state index contributed by atoms with van der Waals surface area (Å²) in [5.74, 6) is 5.35. The quantitative estimate of drug-likeness (QED) is 0.465. The Balaban J connectivity index is 2.11. The molecule has 1 aromatic rings. The van der Waals surface area contributed by atoms with E-state index in [1.807, 2.05) is 11.9 Å². The molecule has 7 nitrogen and oxygen atoms in total. The van der Waals surface area contributed by atoms with Gasteiger partial charge in [0.05, 0.1) is 4.92 Å². The van der Waals surface area contributed by atoms with E-state index in [1.54, 1.807) is 18.2 Å². The van der Waals surface area contributed by atoms with Crippen LogP contribution in [0.15, 0.2) is 18.2 Å². The molecule has 1 heterocycles. The Morgan fingerprint density at radius 1 is 1.45 bits per heavy atom. The van der Waals surface area contributed by atoms with Gasteiger partial charge in [-0.2, -0.15) is 0 Å². The normalized spacial score (nSPS) is 15.3. The Labute approximate surface area is 118 Å². The molecule has 0 aromatic heterocycles. The number of hydrazine groups is 1. The summed E-state index contributed by atoms with van der Waals surface area (Å²) in [5.41, 5.74) is 3.34. The minimum absolute atomic E-state index is 0.0268. The van der Waals surface area contributed by atoms with Crippen LogP contribution in [-0.2, 0) is 0 Å². The molecule has 1 fully saturated rings. The molecule has 0 spiro atoms. The highest BCUT2D eigenvalue weighted by Gasteiger charge is 2.22. The topological polar surface area (TPSA) is 87.7 Å². The number of nitrogens with two attached hydrogens (primary N) is 1. The molecule has 110 valence electrons. The Morgan fingerprint density at radius 2 is 2.15 bits per heavy atom. The van der Waals surface area contributed by atoms with Crippen LogP contribution in [0, 0.1) is 10.1 Å². The number of nitro groups is 1. The van der Waals surface area contributed by atoms with Gasteiger partial charge in [0.1, 0.15) is 11.4 Å². The van der Waals surface area contributed by atoms with Crippen molar-refractivity contribution in [2.24, 2.45) is 5.84 Å². The highest BCUT2D eigenvalue weighted by molar-refractivity contribution is 5.76. The number of nitro benzene ring substituents is 1.